The molecular weight excluding hydrogens is 342 g/mol. The molecular formula is C21H23N3O3. The number of aromatic nitrogens is 2. The molecule has 6 heteroatoms. The van der Waals surface area contributed by atoms with Gasteiger partial charge < -0.3 is 10.1 Å². The van der Waals surface area contributed by atoms with Gasteiger partial charge in [-0.05, 0) is 45.0 Å². The Morgan fingerprint density at radius 2 is 1.96 bits per heavy atom. The van der Waals surface area contributed by atoms with Crippen LogP contribution in [0.4, 0.5) is 5.69 Å². The average Bonchev–Trinajstić information content (AvgIpc) is 2.61. The standard InChI is InChI=1S/C21H23N3O3/c1-14(2)27-17-8-6-7-16(13-17)23-20(25)11-12-24-15(3)22-19-10-5-4-9-18(19)21(24)26/h4-10,13-14H,11-12H2,1-3H3,(H,23,25). The van der Waals surface area contributed by atoms with Crippen LogP contribution in [0.2, 0.25) is 0 Å². The first-order chi connectivity index (χ1) is 12.9. The van der Waals surface area contributed by atoms with Crippen LogP contribution in [0.15, 0.2) is 53.3 Å². The molecule has 0 atom stereocenters. The van der Waals surface area contributed by atoms with Crippen LogP contribution >= 0.6 is 0 Å². The van der Waals surface area contributed by atoms with E-state index < -0.39 is 0 Å². The van der Waals surface area contributed by atoms with Crippen molar-refractivity contribution in [3.05, 3.63) is 64.7 Å². The number of carbonyl (C=O) groups excluding carboxylic acids is 1. The number of anilines is 1. The third-order valence-corrected chi connectivity index (χ3v) is 4.10. The number of carbonyl (C=O) groups is 1. The summed E-state index contributed by atoms with van der Waals surface area (Å²) in [6.45, 7) is 5.95. The van der Waals surface area contributed by atoms with Gasteiger partial charge in [0.05, 0.1) is 17.0 Å². The third kappa shape index (κ3) is 4.53. The lowest BCUT2D eigenvalue weighted by atomic mass is 10.2. The number of fused-ring (bicyclic) bond motifs is 1. The molecule has 1 N–H and O–H groups in total. The first kappa shape index (κ1) is 18.6. The Balaban J connectivity index is 1.69. The number of amides is 1. The predicted octanol–water partition coefficient (Wildman–Crippen LogP) is 3.52. The summed E-state index contributed by atoms with van der Waals surface area (Å²) in [5.41, 5.74) is 1.21. The number of benzene rings is 2. The van der Waals surface area contributed by atoms with Gasteiger partial charge in [0.15, 0.2) is 0 Å². The van der Waals surface area contributed by atoms with Gasteiger partial charge in [0, 0.05) is 24.7 Å². The van der Waals surface area contributed by atoms with E-state index in [9.17, 15) is 9.59 Å². The topological polar surface area (TPSA) is 73.2 Å². The minimum absolute atomic E-state index is 0.0613. The summed E-state index contributed by atoms with van der Waals surface area (Å²) in [7, 11) is 0. The Hall–Kier alpha value is -3.15. The summed E-state index contributed by atoms with van der Waals surface area (Å²) in [6, 6.07) is 14.5. The lowest BCUT2D eigenvalue weighted by Gasteiger charge is -2.12. The zero-order valence-electron chi connectivity index (χ0n) is 15.7. The van der Waals surface area contributed by atoms with Crippen LogP contribution in [0.25, 0.3) is 10.9 Å². The van der Waals surface area contributed by atoms with E-state index in [0.29, 0.717) is 28.2 Å². The zero-order chi connectivity index (χ0) is 19.4. The molecule has 0 aliphatic heterocycles. The first-order valence-electron chi connectivity index (χ1n) is 8.97. The van der Waals surface area contributed by atoms with Crippen molar-refractivity contribution in [2.24, 2.45) is 0 Å². The fourth-order valence-electron chi connectivity index (χ4n) is 2.90. The summed E-state index contributed by atoms with van der Waals surface area (Å²) in [6.07, 6.45) is 0.238. The molecule has 0 radical (unpaired) electrons. The Labute approximate surface area is 157 Å². The minimum atomic E-state index is -0.170. The summed E-state index contributed by atoms with van der Waals surface area (Å²) in [4.78, 5) is 29.4. The molecule has 6 nitrogen and oxygen atoms in total. The van der Waals surface area contributed by atoms with Crippen LogP contribution in [-0.2, 0) is 11.3 Å². The van der Waals surface area contributed by atoms with Crippen LogP contribution in [0.5, 0.6) is 5.75 Å². The molecule has 0 bridgehead atoms. The monoisotopic (exact) mass is 365 g/mol. The van der Waals surface area contributed by atoms with Crippen molar-refractivity contribution < 1.29 is 9.53 Å². The SMILES string of the molecule is Cc1nc2ccccc2c(=O)n1CCC(=O)Nc1cccc(OC(C)C)c1. The number of para-hydroxylation sites is 1. The average molecular weight is 365 g/mol. The maximum Gasteiger partial charge on any atom is 0.261 e. The maximum absolute atomic E-state index is 12.6. The van der Waals surface area contributed by atoms with E-state index in [4.69, 9.17) is 4.74 Å². The molecule has 3 aromatic rings. The van der Waals surface area contributed by atoms with Gasteiger partial charge in [0.2, 0.25) is 5.91 Å². The van der Waals surface area contributed by atoms with Gasteiger partial charge >= 0.3 is 0 Å². The van der Waals surface area contributed by atoms with Crippen molar-refractivity contribution >= 4 is 22.5 Å². The number of nitrogens with zero attached hydrogens (tertiary/aromatic N) is 2. The fourth-order valence-corrected chi connectivity index (χ4v) is 2.90. The molecule has 1 amide bonds. The number of aryl methyl sites for hydroxylation is 1. The molecule has 0 unspecified atom stereocenters. The van der Waals surface area contributed by atoms with Crippen molar-refractivity contribution in [1.29, 1.82) is 0 Å². The van der Waals surface area contributed by atoms with E-state index in [0.717, 1.165) is 0 Å². The summed E-state index contributed by atoms with van der Waals surface area (Å²) >= 11 is 0. The maximum atomic E-state index is 12.6. The van der Waals surface area contributed by atoms with Crippen LogP contribution < -0.4 is 15.6 Å². The Kier molecular flexibility index (Phi) is 5.54. The van der Waals surface area contributed by atoms with Gasteiger partial charge in [0.1, 0.15) is 11.6 Å². The largest absolute Gasteiger partial charge is 0.491 e. The second kappa shape index (κ2) is 8.03. The quantitative estimate of drug-likeness (QED) is 0.725. The van der Waals surface area contributed by atoms with Crippen molar-refractivity contribution in [3.63, 3.8) is 0 Å². The number of rotatable bonds is 6. The minimum Gasteiger partial charge on any atom is -0.491 e. The van der Waals surface area contributed by atoms with E-state index in [1.165, 1.54) is 0 Å². The van der Waals surface area contributed by atoms with Gasteiger partial charge in [0.25, 0.3) is 5.56 Å². The Morgan fingerprint density at radius 3 is 2.74 bits per heavy atom. The predicted molar refractivity (Wildman–Crippen MR) is 106 cm³/mol. The van der Waals surface area contributed by atoms with Crippen molar-refractivity contribution in [2.75, 3.05) is 5.32 Å². The molecule has 0 saturated heterocycles. The lowest BCUT2D eigenvalue weighted by Crippen LogP contribution is -2.26. The number of hydrogen-bond donors (Lipinski definition) is 1. The van der Waals surface area contributed by atoms with Gasteiger partial charge in [-0.3, -0.25) is 14.2 Å². The van der Waals surface area contributed by atoms with Gasteiger partial charge in [-0.15, -0.1) is 0 Å². The van der Waals surface area contributed by atoms with Gasteiger partial charge in [-0.2, -0.15) is 0 Å². The highest BCUT2D eigenvalue weighted by molar-refractivity contribution is 5.90. The second-order valence-corrected chi connectivity index (χ2v) is 6.63. The smallest absolute Gasteiger partial charge is 0.261 e. The molecule has 27 heavy (non-hydrogen) atoms. The van der Waals surface area contributed by atoms with Gasteiger partial charge in [-0.25, -0.2) is 4.98 Å². The fraction of sp³-hybridized carbons (Fsp3) is 0.286. The molecule has 140 valence electrons. The molecule has 2 aromatic carbocycles. The molecule has 0 fully saturated rings. The van der Waals surface area contributed by atoms with E-state index in [1.807, 2.05) is 44.2 Å². The Bertz CT molecular complexity index is 1020. The van der Waals surface area contributed by atoms with Crippen molar-refractivity contribution in [2.45, 2.75) is 39.8 Å². The number of ether oxygens (including phenoxy) is 1. The molecule has 0 saturated carbocycles. The summed E-state index contributed by atoms with van der Waals surface area (Å²) in [5, 5.41) is 3.40. The van der Waals surface area contributed by atoms with E-state index >= 15 is 0 Å². The molecule has 1 aromatic heterocycles. The lowest BCUT2D eigenvalue weighted by molar-refractivity contribution is -0.116. The molecule has 0 spiro atoms. The van der Waals surface area contributed by atoms with Crippen molar-refractivity contribution in [3.8, 4) is 5.75 Å². The highest BCUT2D eigenvalue weighted by Crippen LogP contribution is 2.18. The third-order valence-electron chi connectivity index (χ3n) is 4.10. The van der Waals surface area contributed by atoms with Crippen LogP contribution in [0.1, 0.15) is 26.1 Å². The van der Waals surface area contributed by atoms with Crippen LogP contribution in [-0.4, -0.2) is 21.6 Å². The zero-order valence-corrected chi connectivity index (χ0v) is 15.7. The number of nitrogens with one attached hydrogen (secondary N) is 1. The first-order valence-corrected chi connectivity index (χ1v) is 8.97. The van der Waals surface area contributed by atoms with Crippen molar-refractivity contribution in [1.82, 2.24) is 9.55 Å². The summed E-state index contributed by atoms with van der Waals surface area (Å²) in [5.74, 6) is 1.13. The molecule has 0 aliphatic rings. The van der Waals surface area contributed by atoms with Crippen LogP contribution in [0.3, 0.4) is 0 Å². The Morgan fingerprint density at radius 1 is 1.19 bits per heavy atom. The molecule has 0 aliphatic carbocycles. The highest BCUT2D eigenvalue weighted by Gasteiger charge is 2.10. The van der Waals surface area contributed by atoms with Gasteiger partial charge in [-0.1, -0.05) is 18.2 Å². The normalized spacial score (nSPS) is 11.0. The molecule has 1 heterocycles. The van der Waals surface area contributed by atoms with E-state index in [1.54, 1.807) is 29.7 Å². The second-order valence-electron chi connectivity index (χ2n) is 6.63. The highest BCUT2D eigenvalue weighted by atomic mass is 16.5. The van der Waals surface area contributed by atoms with E-state index in [2.05, 4.69) is 10.3 Å². The van der Waals surface area contributed by atoms with E-state index in [-0.39, 0.29) is 30.5 Å². The summed E-state index contributed by atoms with van der Waals surface area (Å²) < 4.78 is 7.17. The number of hydrogen-bond acceptors (Lipinski definition) is 4. The van der Waals surface area contributed by atoms with Crippen LogP contribution in [0, 0.1) is 6.92 Å². The molecule has 3 rings (SSSR count).